The highest BCUT2D eigenvalue weighted by atomic mass is 16.4. The molecule has 0 saturated carbocycles. The number of aliphatic hydroxyl groups is 1. The minimum atomic E-state index is -1.02. The molecule has 3 unspecified atom stereocenters. The number of aliphatic hydroxyl groups excluding tert-OH is 1. The fourth-order valence-electron chi connectivity index (χ4n) is 4.56. The van der Waals surface area contributed by atoms with Crippen LogP contribution in [0.5, 0.6) is 0 Å². The fraction of sp³-hybridized carbons (Fsp3) is 0.800. The molecule has 2 bridgehead atoms. The van der Waals surface area contributed by atoms with Crippen molar-refractivity contribution in [2.45, 2.75) is 38.0 Å². The summed E-state index contributed by atoms with van der Waals surface area (Å²) in [5, 5.41) is 38.0. The predicted molar refractivity (Wildman–Crippen MR) is 112 cm³/mol. The lowest BCUT2D eigenvalue weighted by atomic mass is 9.92. The summed E-state index contributed by atoms with van der Waals surface area (Å²) in [6.07, 6.45) is -0.234. The van der Waals surface area contributed by atoms with E-state index in [9.17, 15) is 39.6 Å². The number of hydrogen-bond acceptors (Lipinski definition) is 9. The van der Waals surface area contributed by atoms with Crippen LogP contribution in [0, 0.1) is 0 Å². The molecule has 32 heavy (non-hydrogen) atoms. The van der Waals surface area contributed by atoms with Crippen LogP contribution in [0.25, 0.3) is 0 Å². The molecule has 12 nitrogen and oxygen atoms in total. The molecule has 182 valence electrons. The lowest BCUT2D eigenvalue weighted by Gasteiger charge is -2.45. The van der Waals surface area contributed by atoms with Gasteiger partial charge in [-0.2, -0.15) is 0 Å². The van der Waals surface area contributed by atoms with Crippen LogP contribution >= 0.6 is 0 Å². The molecule has 2 rings (SSSR count). The van der Waals surface area contributed by atoms with Gasteiger partial charge in [0.05, 0.1) is 25.7 Å². The maximum Gasteiger partial charge on any atom is 0.317 e. The van der Waals surface area contributed by atoms with Crippen LogP contribution in [0.3, 0.4) is 0 Å². The molecule has 0 amide bonds. The van der Waals surface area contributed by atoms with Crippen LogP contribution in [0.4, 0.5) is 0 Å². The molecule has 2 saturated heterocycles. The molecule has 2 aliphatic heterocycles. The number of ketones is 1. The summed E-state index contributed by atoms with van der Waals surface area (Å²) in [5.41, 5.74) is 0. The molecular weight excluding hydrogens is 424 g/mol. The largest absolute Gasteiger partial charge is 0.480 e. The Labute approximate surface area is 187 Å². The SMILES string of the molecule is CC(O)CN1C2CC(=O)CC1CN(CC(=O)O)CCN(CC(=O)O)CCN(CC(=O)O)C2. The monoisotopic (exact) mass is 458 g/mol. The van der Waals surface area contributed by atoms with E-state index in [4.69, 9.17) is 0 Å². The summed E-state index contributed by atoms with van der Waals surface area (Å²) < 4.78 is 0. The quantitative estimate of drug-likeness (QED) is 0.315. The number of fused-ring (bicyclic) bond motifs is 2. The predicted octanol–water partition coefficient (Wildman–Crippen LogP) is -2.06. The molecule has 0 radical (unpaired) electrons. The van der Waals surface area contributed by atoms with Crippen LogP contribution < -0.4 is 0 Å². The first-order chi connectivity index (χ1) is 15.0. The first kappa shape index (κ1) is 26.1. The van der Waals surface area contributed by atoms with Gasteiger partial charge in [-0.3, -0.25) is 38.8 Å². The second-order valence-electron chi connectivity index (χ2n) is 8.73. The van der Waals surface area contributed by atoms with Crippen LogP contribution in [0.1, 0.15) is 19.8 Å². The summed E-state index contributed by atoms with van der Waals surface area (Å²) >= 11 is 0. The first-order valence-electron chi connectivity index (χ1n) is 10.8. The van der Waals surface area contributed by atoms with Gasteiger partial charge in [0.15, 0.2) is 0 Å². The smallest absolute Gasteiger partial charge is 0.317 e. The molecule has 12 heteroatoms. The number of piperidine rings is 1. The number of carbonyl (C=O) groups is 4. The van der Waals surface area contributed by atoms with Crippen molar-refractivity contribution in [1.82, 2.24) is 19.6 Å². The Morgan fingerprint density at radius 2 is 1.19 bits per heavy atom. The minimum absolute atomic E-state index is 0.0250. The highest BCUT2D eigenvalue weighted by Gasteiger charge is 2.37. The number of carboxylic acid groups (broad SMARTS) is 3. The van der Waals surface area contributed by atoms with Gasteiger partial charge in [-0.05, 0) is 6.92 Å². The average Bonchev–Trinajstić information content (AvgIpc) is 2.64. The maximum absolute atomic E-state index is 12.5. The Morgan fingerprint density at radius 1 is 0.812 bits per heavy atom. The number of Topliss-reactive ketones (excluding diaryl/α,β-unsaturated/α-hetero) is 1. The molecule has 0 spiro atoms. The van der Waals surface area contributed by atoms with Crippen molar-refractivity contribution < 1.29 is 39.6 Å². The topological polar surface area (TPSA) is 162 Å². The Hall–Kier alpha value is -2.12. The zero-order valence-electron chi connectivity index (χ0n) is 18.4. The molecule has 3 atom stereocenters. The van der Waals surface area contributed by atoms with E-state index in [2.05, 4.69) is 0 Å². The summed E-state index contributed by atoms with van der Waals surface area (Å²) in [6.45, 7) is 2.92. The Bertz CT molecular complexity index is 647. The lowest BCUT2D eigenvalue weighted by Crippen LogP contribution is -2.60. The van der Waals surface area contributed by atoms with E-state index in [0.29, 0.717) is 13.1 Å². The summed E-state index contributed by atoms with van der Waals surface area (Å²) in [7, 11) is 0. The van der Waals surface area contributed by atoms with E-state index >= 15 is 0 Å². The standard InChI is InChI=1S/C20H34N4O8/c1-14(25)8-24-15-6-17(26)7-16(24)10-23(13-20(31)32)5-3-21(11-18(27)28)2-4-22(9-15)12-19(29)30/h14-16,25H,2-13H2,1H3,(H,27,28)(H,29,30)(H,31,32). The number of rotatable bonds is 8. The number of nitrogens with zero attached hydrogens (tertiary/aromatic N) is 4. The van der Waals surface area contributed by atoms with Crippen LogP contribution in [-0.4, -0.2) is 147 Å². The zero-order valence-corrected chi connectivity index (χ0v) is 18.4. The Kier molecular flexibility index (Phi) is 9.97. The van der Waals surface area contributed by atoms with E-state index in [0.717, 1.165) is 0 Å². The van der Waals surface area contributed by atoms with Gasteiger partial charge in [-0.1, -0.05) is 0 Å². The molecule has 2 fully saturated rings. The highest BCUT2D eigenvalue weighted by Crippen LogP contribution is 2.23. The van der Waals surface area contributed by atoms with Crippen molar-refractivity contribution in [3.8, 4) is 0 Å². The highest BCUT2D eigenvalue weighted by molar-refractivity contribution is 5.80. The zero-order chi connectivity index (χ0) is 23.8. The van der Waals surface area contributed by atoms with Crippen molar-refractivity contribution >= 4 is 23.7 Å². The summed E-state index contributed by atoms with van der Waals surface area (Å²) in [5.74, 6) is -3.03. The number of carboxylic acids is 3. The van der Waals surface area contributed by atoms with E-state index in [1.54, 1.807) is 21.6 Å². The second kappa shape index (κ2) is 12.2. The number of aliphatic carboxylic acids is 3. The van der Waals surface area contributed by atoms with Gasteiger partial charge in [-0.25, -0.2) is 0 Å². The van der Waals surface area contributed by atoms with Crippen molar-refractivity contribution in [2.75, 3.05) is 65.4 Å². The number of carbonyl (C=O) groups excluding carboxylic acids is 1. The van der Waals surface area contributed by atoms with Crippen LogP contribution in [0.15, 0.2) is 0 Å². The van der Waals surface area contributed by atoms with Gasteiger partial charge in [0.1, 0.15) is 5.78 Å². The molecule has 4 N–H and O–H groups in total. The first-order valence-corrected chi connectivity index (χ1v) is 10.8. The Balaban J connectivity index is 2.34. The average molecular weight is 459 g/mol. The molecular formula is C20H34N4O8. The third-order valence-electron chi connectivity index (χ3n) is 5.82. The summed E-state index contributed by atoms with van der Waals surface area (Å²) in [6, 6.07) is -0.650. The van der Waals surface area contributed by atoms with Gasteiger partial charge < -0.3 is 20.4 Å². The maximum atomic E-state index is 12.5. The lowest BCUT2D eigenvalue weighted by molar-refractivity contribution is -0.141. The van der Waals surface area contributed by atoms with Gasteiger partial charge in [0, 0.05) is 70.7 Å². The minimum Gasteiger partial charge on any atom is -0.480 e. The van der Waals surface area contributed by atoms with E-state index < -0.39 is 24.0 Å². The third kappa shape index (κ3) is 8.79. The van der Waals surface area contributed by atoms with Crippen molar-refractivity contribution in [2.24, 2.45) is 0 Å². The fourth-order valence-corrected chi connectivity index (χ4v) is 4.56. The van der Waals surface area contributed by atoms with Crippen molar-refractivity contribution in [1.29, 1.82) is 0 Å². The van der Waals surface area contributed by atoms with Gasteiger partial charge in [0.2, 0.25) is 0 Å². The molecule has 2 heterocycles. The van der Waals surface area contributed by atoms with E-state index in [1.807, 2.05) is 4.90 Å². The van der Waals surface area contributed by atoms with Gasteiger partial charge in [0.25, 0.3) is 0 Å². The molecule has 0 aromatic rings. The third-order valence-corrected chi connectivity index (χ3v) is 5.82. The number of hydrogen-bond donors (Lipinski definition) is 4. The normalized spacial score (nSPS) is 26.1. The van der Waals surface area contributed by atoms with Crippen LogP contribution in [-0.2, 0) is 19.2 Å². The van der Waals surface area contributed by atoms with Gasteiger partial charge >= 0.3 is 17.9 Å². The van der Waals surface area contributed by atoms with Crippen molar-refractivity contribution in [3.05, 3.63) is 0 Å². The molecule has 0 aliphatic carbocycles. The van der Waals surface area contributed by atoms with E-state index in [-0.39, 0.29) is 83.1 Å². The second-order valence-corrected chi connectivity index (χ2v) is 8.73. The molecule has 2 aliphatic rings. The Morgan fingerprint density at radius 3 is 1.56 bits per heavy atom. The van der Waals surface area contributed by atoms with Crippen molar-refractivity contribution in [3.63, 3.8) is 0 Å². The summed E-state index contributed by atoms with van der Waals surface area (Å²) in [4.78, 5) is 53.7. The molecule has 0 aromatic heterocycles. The van der Waals surface area contributed by atoms with E-state index in [1.165, 1.54) is 0 Å². The van der Waals surface area contributed by atoms with Crippen LogP contribution in [0.2, 0.25) is 0 Å². The van der Waals surface area contributed by atoms with Gasteiger partial charge in [-0.15, -0.1) is 0 Å². The molecule has 0 aromatic carbocycles.